The smallest absolute Gasteiger partial charge is 0.0470 e. The number of thioether (sulfide) groups is 1. The topological polar surface area (TPSA) is 0 Å². The number of hydrogen-bond acceptors (Lipinski definition) is 1. The fourth-order valence-electron chi connectivity index (χ4n) is 4.11. The van der Waals surface area contributed by atoms with Gasteiger partial charge in [0, 0.05) is 10.5 Å². The van der Waals surface area contributed by atoms with Crippen molar-refractivity contribution >= 4 is 50.2 Å². The van der Waals surface area contributed by atoms with E-state index in [4.69, 9.17) is 0 Å². The van der Waals surface area contributed by atoms with Crippen LogP contribution in [0.1, 0.15) is 10.8 Å². The van der Waals surface area contributed by atoms with Gasteiger partial charge in [-0.15, -0.1) is 11.8 Å². The van der Waals surface area contributed by atoms with Crippen LogP contribution in [0.15, 0.2) is 54.6 Å². The molecule has 1 aliphatic carbocycles. The van der Waals surface area contributed by atoms with E-state index >= 15 is 0 Å². The maximum Gasteiger partial charge on any atom is 0.0470 e. The minimum Gasteiger partial charge on any atom is -0.143 e. The van der Waals surface area contributed by atoms with Crippen molar-refractivity contribution in [2.45, 2.75) is 10.5 Å². The molecule has 1 heteroatoms. The van der Waals surface area contributed by atoms with E-state index in [1.807, 2.05) is 0 Å². The second-order valence-corrected chi connectivity index (χ2v) is 7.41. The number of benzene rings is 4. The van der Waals surface area contributed by atoms with Gasteiger partial charge >= 0.3 is 0 Å². The molecule has 0 radical (unpaired) electrons. The van der Waals surface area contributed by atoms with Crippen molar-refractivity contribution in [1.82, 2.24) is 0 Å². The first kappa shape index (κ1) is 10.7. The van der Waals surface area contributed by atoms with Gasteiger partial charge in [-0.2, -0.15) is 0 Å². The standard InChI is InChI=1S/C20H12S/c1-4-11-5-2-9-15-17(11)13(7-1)14-8-3-6-12-10-16-20(21-16)19(15)18(12)14/h1-10,16,20H. The molecule has 1 saturated heterocycles. The molecule has 4 aromatic carbocycles. The normalized spacial score (nSPS) is 22.5. The molecule has 2 unspecified atom stereocenters. The molecule has 4 aromatic rings. The highest BCUT2D eigenvalue weighted by atomic mass is 32.2. The Labute approximate surface area is 126 Å². The highest BCUT2D eigenvalue weighted by Gasteiger charge is 2.42. The van der Waals surface area contributed by atoms with Crippen LogP contribution in [0.2, 0.25) is 0 Å². The predicted molar refractivity (Wildman–Crippen MR) is 92.8 cm³/mol. The molecule has 0 nitrogen and oxygen atoms in total. The maximum absolute atomic E-state index is 2.46. The third-order valence-electron chi connectivity index (χ3n) is 5.00. The van der Waals surface area contributed by atoms with E-state index in [-0.39, 0.29) is 0 Å². The van der Waals surface area contributed by atoms with Crippen LogP contribution in [-0.2, 0) is 0 Å². The zero-order valence-electron chi connectivity index (χ0n) is 11.3. The minimum absolute atomic E-state index is 0.678. The molecule has 1 aliphatic heterocycles. The lowest BCUT2D eigenvalue weighted by Crippen LogP contribution is -2.11. The molecule has 1 fully saturated rings. The van der Waals surface area contributed by atoms with Crippen molar-refractivity contribution in [2.24, 2.45) is 0 Å². The summed E-state index contributed by atoms with van der Waals surface area (Å²) in [7, 11) is 0. The zero-order chi connectivity index (χ0) is 13.6. The molecule has 0 N–H and O–H groups in total. The predicted octanol–water partition coefficient (Wildman–Crippen LogP) is 4.82. The summed E-state index contributed by atoms with van der Waals surface area (Å²) < 4.78 is 0. The van der Waals surface area contributed by atoms with Gasteiger partial charge in [-0.25, -0.2) is 0 Å². The summed E-state index contributed by atoms with van der Waals surface area (Å²) >= 11 is 2.10. The third kappa shape index (κ3) is 1.20. The van der Waals surface area contributed by atoms with E-state index in [1.54, 1.807) is 5.56 Å². The second-order valence-electron chi connectivity index (χ2n) is 6.08. The molecule has 6 rings (SSSR count). The molecule has 1 heterocycles. The Balaban J connectivity index is 2.08. The Bertz CT molecular complexity index is 1120. The lowest BCUT2D eigenvalue weighted by atomic mass is 9.86. The van der Waals surface area contributed by atoms with Crippen LogP contribution in [0, 0.1) is 0 Å². The number of hydrogen-bond donors (Lipinski definition) is 0. The van der Waals surface area contributed by atoms with Crippen molar-refractivity contribution in [1.29, 1.82) is 0 Å². The SMILES string of the molecule is C1=c2cccc3c2c(c2cccc4cccc3c42)C2SC12. The molecule has 0 bridgehead atoms. The minimum atomic E-state index is 0.678. The summed E-state index contributed by atoms with van der Waals surface area (Å²) in [4.78, 5) is 0. The quantitative estimate of drug-likeness (QED) is 0.253. The van der Waals surface area contributed by atoms with Crippen molar-refractivity contribution in [2.75, 3.05) is 0 Å². The van der Waals surface area contributed by atoms with E-state index in [0.29, 0.717) is 10.5 Å². The van der Waals surface area contributed by atoms with Crippen LogP contribution < -0.4 is 5.22 Å². The highest BCUT2D eigenvalue weighted by molar-refractivity contribution is 8.07. The maximum atomic E-state index is 2.46. The summed E-state index contributed by atoms with van der Waals surface area (Å²) in [5.41, 5.74) is 1.59. The Morgan fingerprint density at radius 3 is 2.29 bits per heavy atom. The molecule has 2 atom stereocenters. The summed E-state index contributed by atoms with van der Waals surface area (Å²) in [6.07, 6.45) is 2.46. The molecule has 2 aliphatic rings. The van der Waals surface area contributed by atoms with Gasteiger partial charge in [-0.1, -0.05) is 60.7 Å². The van der Waals surface area contributed by atoms with E-state index in [2.05, 4.69) is 72.4 Å². The van der Waals surface area contributed by atoms with Gasteiger partial charge < -0.3 is 0 Å². The lowest BCUT2D eigenvalue weighted by Gasteiger charge is -2.17. The largest absolute Gasteiger partial charge is 0.143 e. The Hall–Kier alpha value is -1.99. The Morgan fingerprint density at radius 2 is 1.43 bits per heavy atom. The van der Waals surface area contributed by atoms with Crippen molar-refractivity contribution in [3.05, 3.63) is 65.4 Å². The van der Waals surface area contributed by atoms with E-state index < -0.39 is 0 Å². The van der Waals surface area contributed by atoms with E-state index in [0.717, 1.165) is 0 Å². The molecule has 21 heavy (non-hydrogen) atoms. The van der Waals surface area contributed by atoms with E-state index in [9.17, 15) is 0 Å². The average Bonchev–Trinajstić information content (AvgIpc) is 3.30. The second kappa shape index (κ2) is 3.42. The van der Waals surface area contributed by atoms with Crippen LogP contribution in [0.5, 0.6) is 0 Å². The summed E-state index contributed by atoms with van der Waals surface area (Å²) in [6, 6.07) is 20.3. The van der Waals surface area contributed by atoms with Gasteiger partial charge in [0.1, 0.15) is 0 Å². The Morgan fingerprint density at radius 1 is 0.714 bits per heavy atom. The third-order valence-corrected chi connectivity index (χ3v) is 6.24. The van der Waals surface area contributed by atoms with Crippen LogP contribution >= 0.6 is 11.8 Å². The molecule has 0 amide bonds. The molecular weight excluding hydrogens is 272 g/mol. The summed E-state index contributed by atoms with van der Waals surface area (Å²) in [5.74, 6) is 0. The molecule has 98 valence electrons. The van der Waals surface area contributed by atoms with E-state index in [1.165, 1.54) is 37.5 Å². The molecule has 0 aromatic heterocycles. The monoisotopic (exact) mass is 284 g/mol. The van der Waals surface area contributed by atoms with Crippen LogP contribution in [0.25, 0.3) is 38.4 Å². The van der Waals surface area contributed by atoms with Gasteiger partial charge in [-0.3, -0.25) is 0 Å². The number of fused-ring (bicyclic) bond motifs is 4. The summed E-state index contributed by atoms with van der Waals surface area (Å²) in [5, 5.41) is 11.4. The average molecular weight is 284 g/mol. The summed E-state index contributed by atoms with van der Waals surface area (Å²) in [6.45, 7) is 0. The van der Waals surface area contributed by atoms with Crippen molar-refractivity contribution in [3.63, 3.8) is 0 Å². The van der Waals surface area contributed by atoms with Gasteiger partial charge in [-0.05, 0) is 43.1 Å². The highest BCUT2D eigenvalue weighted by Crippen LogP contribution is 2.60. The number of rotatable bonds is 0. The fourth-order valence-corrected chi connectivity index (χ4v) is 5.18. The van der Waals surface area contributed by atoms with Gasteiger partial charge in [0.2, 0.25) is 0 Å². The van der Waals surface area contributed by atoms with Crippen molar-refractivity contribution < 1.29 is 0 Å². The first-order valence-corrected chi connectivity index (χ1v) is 8.39. The molecular formula is C20H12S. The van der Waals surface area contributed by atoms with Gasteiger partial charge in [0.15, 0.2) is 0 Å². The van der Waals surface area contributed by atoms with Crippen LogP contribution in [0.4, 0.5) is 0 Å². The van der Waals surface area contributed by atoms with Crippen molar-refractivity contribution in [3.8, 4) is 0 Å². The van der Waals surface area contributed by atoms with Gasteiger partial charge in [0.05, 0.1) is 0 Å². The fraction of sp³-hybridized carbons (Fsp3) is 0.100. The Kier molecular flexibility index (Phi) is 1.74. The first-order valence-electron chi connectivity index (χ1n) is 7.45. The van der Waals surface area contributed by atoms with Crippen LogP contribution in [-0.4, -0.2) is 5.25 Å². The zero-order valence-corrected chi connectivity index (χ0v) is 12.2. The lowest BCUT2D eigenvalue weighted by molar-refractivity contribution is 1.16. The molecule has 0 spiro atoms. The van der Waals surface area contributed by atoms with Crippen LogP contribution in [0.3, 0.4) is 0 Å². The van der Waals surface area contributed by atoms with Gasteiger partial charge in [0.25, 0.3) is 0 Å². The first-order chi connectivity index (χ1) is 10.4. The molecule has 0 saturated carbocycles.